The minimum atomic E-state index is 0.458. The van der Waals surface area contributed by atoms with Crippen molar-refractivity contribution in [3.63, 3.8) is 0 Å². The summed E-state index contributed by atoms with van der Waals surface area (Å²) in [5.74, 6) is 3.09. The van der Waals surface area contributed by atoms with Gasteiger partial charge in [0, 0.05) is 11.6 Å². The van der Waals surface area contributed by atoms with Crippen molar-refractivity contribution >= 4 is 21.5 Å². The van der Waals surface area contributed by atoms with Gasteiger partial charge in [-0.05, 0) is 71.0 Å². The Morgan fingerprint density at radius 1 is 0.935 bits per heavy atom. The maximum atomic E-state index is 6.76. The molecule has 0 saturated heterocycles. The average Bonchev–Trinajstić information content (AvgIpc) is 2.73. The summed E-state index contributed by atoms with van der Waals surface area (Å²) in [6, 6.07) is 13.6. The van der Waals surface area contributed by atoms with Crippen molar-refractivity contribution in [1.82, 2.24) is 0 Å². The third kappa shape index (κ3) is 2.96. The lowest BCUT2D eigenvalue weighted by atomic mass is 9.85. The Kier molecular flexibility index (Phi) is 4.58. The summed E-state index contributed by atoms with van der Waals surface area (Å²) < 4.78 is 9.02. The van der Waals surface area contributed by atoms with Crippen LogP contribution >= 0.6 is 0 Å². The van der Waals surface area contributed by atoms with Gasteiger partial charge >= 0.3 is 0 Å². The number of benzene rings is 3. The highest BCUT2D eigenvalue weighted by Gasteiger charge is 2.32. The van der Waals surface area contributed by atoms with Gasteiger partial charge in [-0.3, -0.25) is 0 Å². The number of hydrogen-bond donors (Lipinski definition) is 0. The topological polar surface area (TPSA) is 13.1 Å². The molecular formula is C29H32NO+. The predicted molar refractivity (Wildman–Crippen MR) is 130 cm³/mol. The van der Waals surface area contributed by atoms with Gasteiger partial charge in [-0.25, -0.2) is 4.57 Å². The first-order chi connectivity index (χ1) is 14.8. The van der Waals surface area contributed by atoms with Crippen LogP contribution in [0.15, 0.2) is 42.6 Å². The van der Waals surface area contributed by atoms with Crippen molar-refractivity contribution in [3.8, 4) is 22.8 Å². The number of aryl methyl sites for hydroxylation is 3. The molecule has 2 heterocycles. The van der Waals surface area contributed by atoms with E-state index in [9.17, 15) is 0 Å². The zero-order valence-corrected chi connectivity index (χ0v) is 19.8. The molecule has 0 radical (unpaired) electrons. The van der Waals surface area contributed by atoms with Crippen LogP contribution in [0, 0.1) is 19.8 Å². The van der Waals surface area contributed by atoms with Gasteiger partial charge in [-0.1, -0.05) is 52.0 Å². The molecule has 0 unspecified atom stereocenters. The van der Waals surface area contributed by atoms with Gasteiger partial charge in [0.1, 0.15) is 18.5 Å². The van der Waals surface area contributed by atoms with Gasteiger partial charge in [0.25, 0.3) is 0 Å². The number of hydrogen-bond acceptors (Lipinski definition) is 1. The fraction of sp³-hybridized carbons (Fsp3) is 0.345. The summed E-state index contributed by atoms with van der Waals surface area (Å²) in [6.45, 7) is 13.6. The van der Waals surface area contributed by atoms with E-state index < -0.39 is 0 Å². The fourth-order valence-electron chi connectivity index (χ4n) is 5.30. The first-order valence-corrected chi connectivity index (χ1v) is 11.5. The Morgan fingerprint density at radius 3 is 2.42 bits per heavy atom. The Bertz CT molecular complexity index is 1360. The molecule has 0 saturated carbocycles. The molecule has 0 amide bonds. The van der Waals surface area contributed by atoms with Crippen LogP contribution in [0.5, 0.6) is 11.5 Å². The zero-order chi connectivity index (χ0) is 22.0. The number of aromatic nitrogens is 1. The van der Waals surface area contributed by atoms with Crippen molar-refractivity contribution < 1.29 is 9.30 Å². The van der Waals surface area contributed by atoms with Crippen LogP contribution < -0.4 is 9.30 Å². The Labute approximate surface area is 185 Å². The summed E-state index contributed by atoms with van der Waals surface area (Å²) in [7, 11) is 2.15. The number of fused-ring (bicyclic) bond motifs is 3. The number of pyridine rings is 1. The monoisotopic (exact) mass is 410 g/mol. The third-order valence-electron chi connectivity index (χ3n) is 6.84. The minimum Gasteiger partial charge on any atom is -0.455 e. The van der Waals surface area contributed by atoms with Crippen LogP contribution in [-0.4, -0.2) is 0 Å². The Hall–Kier alpha value is -2.87. The van der Waals surface area contributed by atoms with Gasteiger partial charge in [-0.2, -0.15) is 0 Å². The molecule has 1 aliphatic heterocycles. The molecule has 1 aliphatic rings. The summed E-state index contributed by atoms with van der Waals surface area (Å²) in [5, 5.41) is 5.19. The van der Waals surface area contributed by atoms with E-state index in [-0.39, 0.29) is 0 Å². The van der Waals surface area contributed by atoms with Gasteiger partial charge in [-0.15, -0.1) is 0 Å². The van der Waals surface area contributed by atoms with E-state index in [4.69, 9.17) is 4.74 Å². The van der Waals surface area contributed by atoms with Gasteiger partial charge in [0.2, 0.25) is 5.69 Å². The van der Waals surface area contributed by atoms with Crippen molar-refractivity contribution in [1.29, 1.82) is 0 Å². The first-order valence-electron chi connectivity index (χ1n) is 11.5. The fourth-order valence-corrected chi connectivity index (χ4v) is 5.30. The van der Waals surface area contributed by atoms with E-state index in [2.05, 4.69) is 95.8 Å². The SMILES string of the molecule is Cc1c2c(c(C)c3c(CC(C)C)cccc13)Oc1cc(C(C)C)cc3cc[n+](C)c-2c13. The molecule has 2 heteroatoms. The molecule has 0 atom stereocenters. The van der Waals surface area contributed by atoms with Crippen molar-refractivity contribution in [2.45, 2.75) is 53.9 Å². The van der Waals surface area contributed by atoms with Crippen LogP contribution in [0.2, 0.25) is 0 Å². The summed E-state index contributed by atoms with van der Waals surface area (Å²) in [5.41, 5.74) is 7.81. The lowest BCUT2D eigenvalue weighted by molar-refractivity contribution is -0.659. The van der Waals surface area contributed by atoms with Gasteiger partial charge in [0.15, 0.2) is 6.20 Å². The van der Waals surface area contributed by atoms with Crippen LogP contribution in [0.25, 0.3) is 32.8 Å². The Balaban J connectivity index is 1.92. The standard InChI is InChI=1S/C29H32NO/c1-16(2)13-20-9-8-10-23-18(5)26-28-27-21(11-12-30(28)7)14-22(17(3)4)15-24(27)31-29(26)19(6)25(20)23/h8-12,14-17H,13H2,1-7H3/q+1. The molecule has 0 bridgehead atoms. The Morgan fingerprint density at radius 2 is 1.71 bits per heavy atom. The number of ether oxygens (including phenoxy) is 1. The molecule has 2 nitrogen and oxygen atoms in total. The molecule has 5 rings (SSSR count). The minimum absolute atomic E-state index is 0.458. The largest absolute Gasteiger partial charge is 0.455 e. The van der Waals surface area contributed by atoms with Crippen molar-refractivity contribution in [2.75, 3.05) is 0 Å². The molecule has 0 N–H and O–H groups in total. The lowest BCUT2D eigenvalue weighted by Gasteiger charge is -2.26. The molecule has 3 aromatic carbocycles. The molecule has 0 aliphatic carbocycles. The summed E-state index contributed by atoms with van der Waals surface area (Å²) in [6.07, 6.45) is 3.27. The second kappa shape index (κ2) is 7.09. The number of rotatable bonds is 3. The molecule has 4 aromatic rings. The third-order valence-corrected chi connectivity index (χ3v) is 6.84. The highest BCUT2D eigenvalue weighted by atomic mass is 16.5. The van der Waals surface area contributed by atoms with E-state index in [0.717, 1.165) is 17.9 Å². The molecular weight excluding hydrogens is 378 g/mol. The second-order valence-electron chi connectivity index (χ2n) is 9.91. The van der Waals surface area contributed by atoms with E-state index in [1.54, 1.807) is 0 Å². The molecule has 1 aromatic heterocycles. The van der Waals surface area contributed by atoms with Gasteiger partial charge in [0.05, 0.1) is 10.9 Å². The second-order valence-corrected chi connectivity index (χ2v) is 9.91. The number of nitrogens with zero attached hydrogens (tertiary/aromatic N) is 1. The highest BCUT2D eigenvalue weighted by Crippen LogP contribution is 2.51. The molecule has 0 spiro atoms. The van der Waals surface area contributed by atoms with Crippen molar-refractivity contribution in [2.24, 2.45) is 13.0 Å². The van der Waals surface area contributed by atoms with Crippen LogP contribution in [0.4, 0.5) is 0 Å². The average molecular weight is 411 g/mol. The normalized spacial score (nSPS) is 12.7. The van der Waals surface area contributed by atoms with Gasteiger partial charge < -0.3 is 4.74 Å². The zero-order valence-electron chi connectivity index (χ0n) is 19.8. The molecule has 31 heavy (non-hydrogen) atoms. The first kappa shape index (κ1) is 20.1. The lowest BCUT2D eigenvalue weighted by Crippen LogP contribution is -2.32. The van der Waals surface area contributed by atoms with E-state index in [1.165, 1.54) is 55.1 Å². The quantitative estimate of drug-likeness (QED) is 0.280. The smallest absolute Gasteiger partial charge is 0.228 e. The molecule has 0 fully saturated rings. The summed E-state index contributed by atoms with van der Waals surface area (Å²) in [4.78, 5) is 0. The van der Waals surface area contributed by atoms with Crippen molar-refractivity contribution in [3.05, 3.63) is 64.8 Å². The highest BCUT2D eigenvalue weighted by molar-refractivity contribution is 6.07. The van der Waals surface area contributed by atoms with Crippen LogP contribution in [-0.2, 0) is 13.5 Å². The van der Waals surface area contributed by atoms with Crippen LogP contribution in [0.1, 0.15) is 55.9 Å². The predicted octanol–water partition coefficient (Wildman–Crippen LogP) is 7.53. The maximum Gasteiger partial charge on any atom is 0.228 e. The van der Waals surface area contributed by atoms with E-state index in [1.807, 2.05) is 0 Å². The molecule has 158 valence electrons. The van der Waals surface area contributed by atoms with E-state index >= 15 is 0 Å². The summed E-state index contributed by atoms with van der Waals surface area (Å²) >= 11 is 0. The van der Waals surface area contributed by atoms with Crippen LogP contribution in [0.3, 0.4) is 0 Å². The van der Waals surface area contributed by atoms with E-state index in [0.29, 0.717) is 11.8 Å². The maximum absolute atomic E-state index is 6.76.